The predicted octanol–water partition coefficient (Wildman–Crippen LogP) is 6.88. The Morgan fingerprint density at radius 3 is 2.63 bits per heavy atom. The molecule has 0 spiro atoms. The lowest BCUT2D eigenvalue weighted by atomic mass is 9.99. The quantitative estimate of drug-likeness (QED) is 0.437. The smallest absolute Gasteiger partial charge is 0.244 e. The van der Waals surface area contributed by atoms with Crippen LogP contribution < -0.4 is 10.1 Å². The van der Waals surface area contributed by atoms with Crippen LogP contribution in [0.2, 0.25) is 10.0 Å². The van der Waals surface area contributed by atoms with Crippen LogP contribution in [0.15, 0.2) is 47.1 Å². The molecule has 0 saturated heterocycles. The molecular weight excluding hydrogens is 421 g/mol. The molecule has 1 aliphatic rings. The average Bonchev–Trinajstić information content (AvgIpc) is 3.36. The van der Waals surface area contributed by atoms with E-state index in [1.807, 2.05) is 25.1 Å². The van der Waals surface area contributed by atoms with Crippen molar-refractivity contribution in [3.8, 4) is 16.9 Å². The first kappa shape index (κ1) is 20.8. The van der Waals surface area contributed by atoms with E-state index < -0.39 is 0 Å². The van der Waals surface area contributed by atoms with Crippen molar-refractivity contribution in [2.45, 2.75) is 38.6 Å². The van der Waals surface area contributed by atoms with Gasteiger partial charge in [-0.05, 0) is 43.5 Å². The van der Waals surface area contributed by atoms with Crippen LogP contribution >= 0.6 is 23.2 Å². The first-order valence-corrected chi connectivity index (χ1v) is 10.8. The summed E-state index contributed by atoms with van der Waals surface area (Å²) in [5.74, 6) is 0.572. The van der Waals surface area contributed by atoms with Gasteiger partial charge in [0.15, 0.2) is 0 Å². The van der Waals surface area contributed by atoms with E-state index in [1.54, 1.807) is 31.6 Å². The number of ether oxygens (including phenoxy) is 1. The van der Waals surface area contributed by atoms with Gasteiger partial charge >= 0.3 is 0 Å². The summed E-state index contributed by atoms with van der Waals surface area (Å²) in [6.45, 7) is 1.91. The van der Waals surface area contributed by atoms with Gasteiger partial charge in [0, 0.05) is 45.3 Å². The highest BCUT2D eigenvalue weighted by Crippen LogP contribution is 2.40. The second-order valence-corrected chi connectivity index (χ2v) is 8.48. The van der Waals surface area contributed by atoms with Crippen molar-refractivity contribution < 1.29 is 13.9 Å². The van der Waals surface area contributed by atoms with Gasteiger partial charge in [0.25, 0.3) is 0 Å². The fraction of sp³-hybridized carbons (Fsp3) is 0.292. The fourth-order valence-electron chi connectivity index (χ4n) is 4.04. The van der Waals surface area contributed by atoms with E-state index in [0.717, 1.165) is 40.5 Å². The highest BCUT2D eigenvalue weighted by atomic mass is 35.5. The maximum atomic E-state index is 12.5. The summed E-state index contributed by atoms with van der Waals surface area (Å²) >= 11 is 12.5. The molecule has 2 aromatic carbocycles. The van der Waals surface area contributed by atoms with Gasteiger partial charge in [-0.15, -0.1) is 0 Å². The van der Waals surface area contributed by atoms with E-state index >= 15 is 0 Å². The number of allylic oxidation sites excluding steroid dienone is 1. The molecule has 1 N–H and O–H groups in total. The number of fused-ring (bicyclic) bond motifs is 1. The van der Waals surface area contributed by atoms with E-state index in [4.69, 9.17) is 32.4 Å². The molecule has 1 fully saturated rings. The molecule has 0 bridgehead atoms. The van der Waals surface area contributed by atoms with Crippen LogP contribution in [0, 0.1) is 0 Å². The molecule has 1 aliphatic carbocycles. The summed E-state index contributed by atoms with van der Waals surface area (Å²) in [5, 5.41) is 5.10. The molecule has 4 nitrogen and oxygen atoms in total. The molecule has 0 atom stereocenters. The van der Waals surface area contributed by atoms with E-state index in [2.05, 4.69) is 5.32 Å². The van der Waals surface area contributed by atoms with E-state index in [-0.39, 0.29) is 11.9 Å². The average molecular weight is 444 g/mol. The number of nitrogens with one attached hydrogen (secondary N) is 1. The second-order valence-electron chi connectivity index (χ2n) is 7.64. The molecule has 4 rings (SSSR count). The van der Waals surface area contributed by atoms with Crippen molar-refractivity contribution in [2.24, 2.45) is 0 Å². The normalized spacial score (nSPS) is 15.0. The lowest BCUT2D eigenvalue weighted by Gasteiger charge is -2.12. The minimum Gasteiger partial charge on any atom is -0.496 e. The number of hydrogen-bond donors (Lipinski definition) is 1. The molecular formula is C24H23Cl2NO3. The predicted molar refractivity (Wildman–Crippen MR) is 122 cm³/mol. The molecule has 6 heteroatoms. The van der Waals surface area contributed by atoms with Crippen LogP contribution in [-0.4, -0.2) is 19.1 Å². The van der Waals surface area contributed by atoms with Gasteiger partial charge in [0.05, 0.1) is 18.4 Å². The Balaban J connectivity index is 1.73. The molecule has 1 amide bonds. The molecule has 3 aromatic rings. The highest BCUT2D eigenvalue weighted by Gasteiger charge is 2.18. The molecule has 0 aliphatic heterocycles. The van der Waals surface area contributed by atoms with Gasteiger partial charge in [-0.25, -0.2) is 0 Å². The molecule has 1 saturated carbocycles. The van der Waals surface area contributed by atoms with Crippen LogP contribution in [0.3, 0.4) is 0 Å². The molecule has 1 aromatic heterocycles. The third-order valence-corrected chi connectivity index (χ3v) is 6.14. The van der Waals surface area contributed by atoms with E-state index in [0.29, 0.717) is 21.4 Å². The Kier molecular flexibility index (Phi) is 6.07. The largest absolute Gasteiger partial charge is 0.496 e. The number of halogens is 2. The van der Waals surface area contributed by atoms with Gasteiger partial charge in [-0.2, -0.15) is 0 Å². The molecule has 156 valence electrons. The van der Waals surface area contributed by atoms with Crippen molar-refractivity contribution in [1.29, 1.82) is 0 Å². The molecule has 30 heavy (non-hydrogen) atoms. The zero-order valence-electron chi connectivity index (χ0n) is 16.9. The summed E-state index contributed by atoms with van der Waals surface area (Å²) in [5.41, 5.74) is 4.02. The van der Waals surface area contributed by atoms with E-state index in [1.165, 1.54) is 12.8 Å². The second kappa shape index (κ2) is 8.75. The number of furan rings is 1. The van der Waals surface area contributed by atoms with Crippen molar-refractivity contribution in [3.63, 3.8) is 0 Å². The summed E-state index contributed by atoms with van der Waals surface area (Å²) in [6, 6.07) is 9.47. The highest BCUT2D eigenvalue weighted by molar-refractivity contribution is 6.36. The number of benzene rings is 2. The number of carbonyl (C=O) groups is 1. The minimum atomic E-state index is -0.0743. The SMILES string of the molecule is COc1cc2occ(-c3ccc(Cl)cc3Cl)c2cc1/C(C)=C/C(=O)NC1CCCC1. The van der Waals surface area contributed by atoms with Gasteiger partial charge in [0.2, 0.25) is 5.91 Å². The Hall–Kier alpha value is -2.43. The lowest BCUT2D eigenvalue weighted by molar-refractivity contribution is -0.117. The summed E-state index contributed by atoms with van der Waals surface area (Å²) in [7, 11) is 1.61. The number of amides is 1. The van der Waals surface area contributed by atoms with Crippen LogP contribution in [0.4, 0.5) is 0 Å². The third kappa shape index (κ3) is 4.21. The Bertz CT molecular complexity index is 1130. The van der Waals surface area contributed by atoms with Gasteiger partial charge in [0.1, 0.15) is 11.3 Å². The maximum Gasteiger partial charge on any atom is 0.244 e. The van der Waals surface area contributed by atoms with Crippen LogP contribution in [-0.2, 0) is 4.79 Å². The number of hydrogen-bond acceptors (Lipinski definition) is 3. The zero-order valence-corrected chi connectivity index (χ0v) is 18.4. The summed E-state index contributed by atoms with van der Waals surface area (Å²) < 4.78 is 11.3. The van der Waals surface area contributed by atoms with Crippen LogP contribution in [0.1, 0.15) is 38.2 Å². The Morgan fingerprint density at radius 2 is 1.93 bits per heavy atom. The first-order chi connectivity index (χ1) is 14.5. The van der Waals surface area contributed by atoms with Gasteiger partial charge in [-0.3, -0.25) is 4.79 Å². The lowest BCUT2D eigenvalue weighted by Crippen LogP contribution is -2.31. The van der Waals surface area contributed by atoms with Crippen LogP contribution in [0.5, 0.6) is 5.75 Å². The number of rotatable bonds is 5. The topological polar surface area (TPSA) is 51.5 Å². The Labute approximate surface area is 185 Å². The summed E-state index contributed by atoms with van der Waals surface area (Å²) in [4.78, 5) is 12.5. The van der Waals surface area contributed by atoms with Crippen molar-refractivity contribution in [2.75, 3.05) is 7.11 Å². The Morgan fingerprint density at radius 1 is 1.17 bits per heavy atom. The molecule has 1 heterocycles. The van der Waals surface area contributed by atoms with Gasteiger partial charge in [-0.1, -0.05) is 42.1 Å². The van der Waals surface area contributed by atoms with E-state index in [9.17, 15) is 4.79 Å². The maximum absolute atomic E-state index is 12.5. The van der Waals surface area contributed by atoms with Gasteiger partial charge < -0.3 is 14.5 Å². The van der Waals surface area contributed by atoms with Crippen molar-refractivity contribution in [1.82, 2.24) is 5.32 Å². The van der Waals surface area contributed by atoms with Crippen molar-refractivity contribution >= 4 is 45.7 Å². The van der Waals surface area contributed by atoms with Crippen LogP contribution in [0.25, 0.3) is 27.7 Å². The molecule has 0 unspecified atom stereocenters. The van der Waals surface area contributed by atoms with Crippen molar-refractivity contribution in [3.05, 3.63) is 58.3 Å². The summed E-state index contributed by atoms with van der Waals surface area (Å²) in [6.07, 6.45) is 7.76. The zero-order chi connectivity index (χ0) is 21.3. The standard InChI is InChI=1S/C24H23Cl2NO3/c1-14(9-24(28)27-16-5-3-4-6-16)18-11-19-20(13-30-23(19)12-22(18)29-2)17-8-7-15(25)10-21(17)26/h7-13,16H,3-6H2,1-2H3,(H,27,28)/b14-9+. The molecule has 0 radical (unpaired) electrons. The number of carbonyl (C=O) groups excluding carboxylic acids is 1. The fourth-order valence-corrected chi connectivity index (χ4v) is 4.55. The number of methoxy groups -OCH3 is 1. The third-order valence-electron chi connectivity index (χ3n) is 5.59. The minimum absolute atomic E-state index is 0.0743. The monoisotopic (exact) mass is 443 g/mol. The first-order valence-electron chi connectivity index (χ1n) is 10.00.